The van der Waals surface area contributed by atoms with E-state index in [1.807, 2.05) is 115 Å². The van der Waals surface area contributed by atoms with Gasteiger partial charge in [0.2, 0.25) is 5.55 Å². The van der Waals surface area contributed by atoms with E-state index >= 15 is 0 Å². The maximum Gasteiger partial charge on any atom is 0.291 e. The molecule has 1 aromatic heterocycles. The van der Waals surface area contributed by atoms with Crippen LogP contribution in [0.15, 0.2) is 111 Å². The molecule has 0 unspecified atom stereocenters. The summed E-state index contributed by atoms with van der Waals surface area (Å²) in [5.41, 5.74) is 3.61. The normalized spacial score (nSPS) is 11.2. The van der Waals surface area contributed by atoms with Gasteiger partial charge in [-0.2, -0.15) is 10.2 Å². The number of nitrogens with one attached hydrogen (secondary N) is 1. The first kappa shape index (κ1) is 25.5. The third-order valence-corrected chi connectivity index (χ3v) is 6.71. The number of hydrogen-bond donors (Lipinski definition) is 1. The van der Waals surface area contributed by atoms with E-state index in [2.05, 4.69) is 9.98 Å². The Hall–Kier alpha value is -5.81. The van der Waals surface area contributed by atoms with E-state index in [0.717, 1.165) is 10.9 Å². The summed E-state index contributed by atoms with van der Waals surface area (Å²) in [5, 5.41) is 19.7. The Kier molecular flexibility index (Phi) is 6.68. The van der Waals surface area contributed by atoms with Crippen molar-refractivity contribution in [2.45, 2.75) is 6.92 Å². The van der Waals surface area contributed by atoms with Gasteiger partial charge in [0.25, 0.3) is 5.56 Å². The molecule has 8 nitrogen and oxygen atoms in total. The summed E-state index contributed by atoms with van der Waals surface area (Å²) in [6.45, 7) is 2.19. The Bertz CT molecular complexity index is 2060. The minimum Gasteiger partial charge on any atom is -0.483 e. The largest absolute Gasteiger partial charge is 0.483 e. The van der Waals surface area contributed by atoms with E-state index in [-0.39, 0.29) is 22.6 Å². The average molecular weight is 538 g/mol. The standard InChI is InChI=1S/C33H23N5O3/c1-2-40-20-36-30-26(19-34)33(39)37-32-29(30)24(21-11-5-3-6-12-21)18-27(38(32)23-14-7-4-8-15-23)25-17-22-13-9-10-16-28(22)41-31(25)35/h3-18,20,35H,2H2,1H3. The van der Waals surface area contributed by atoms with Gasteiger partial charge in [0, 0.05) is 11.1 Å². The molecule has 0 fully saturated rings. The van der Waals surface area contributed by atoms with E-state index in [1.54, 1.807) is 0 Å². The van der Waals surface area contributed by atoms with Crippen LogP contribution in [-0.4, -0.2) is 22.6 Å². The van der Waals surface area contributed by atoms with Gasteiger partial charge in [0.1, 0.15) is 22.9 Å². The molecule has 198 valence electrons. The van der Waals surface area contributed by atoms with Crippen LogP contribution in [0.2, 0.25) is 0 Å². The van der Waals surface area contributed by atoms with Crippen molar-refractivity contribution >= 4 is 23.1 Å². The minimum absolute atomic E-state index is 0.0441. The number of nitriles is 1. The number of rotatable bonds is 6. The Morgan fingerprint density at radius 1 is 1.00 bits per heavy atom. The zero-order valence-electron chi connectivity index (χ0n) is 22.0. The highest BCUT2D eigenvalue weighted by atomic mass is 16.5. The fourth-order valence-corrected chi connectivity index (χ4v) is 4.88. The summed E-state index contributed by atoms with van der Waals surface area (Å²) in [4.78, 5) is 22.2. The Labute approximate surface area is 234 Å². The van der Waals surface area contributed by atoms with E-state index in [4.69, 9.17) is 14.6 Å². The van der Waals surface area contributed by atoms with E-state index in [9.17, 15) is 10.1 Å². The molecule has 8 heteroatoms. The molecule has 3 heterocycles. The molecule has 41 heavy (non-hydrogen) atoms. The zero-order chi connectivity index (χ0) is 28.3. The first-order valence-electron chi connectivity index (χ1n) is 13.0. The highest BCUT2D eigenvalue weighted by Crippen LogP contribution is 2.44. The number of ether oxygens (including phenoxy) is 1. The molecule has 0 saturated carbocycles. The van der Waals surface area contributed by atoms with E-state index in [0.29, 0.717) is 40.3 Å². The summed E-state index contributed by atoms with van der Waals surface area (Å²) in [6.07, 6.45) is 1.24. The van der Waals surface area contributed by atoms with Crippen molar-refractivity contribution in [3.8, 4) is 45.5 Å². The molecule has 0 saturated heterocycles. The van der Waals surface area contributed by atoms with Crippen LogP contribution in [0.25, 0.3) is 50.4 Å². The average Bonchev–Trinajstić information content (AvgIpc) is 3.01. The van der Waals surface area contributed by atoms with Crippen LogP contribution < -0.4 is 11.1 Å². The summed E-state index contributed by atoms with van der Waals surface area (Å²) >= 11 is 0. The third-order valence-electron chi connectivity index (χ3n) is 6.71. The molecule has 4 aromatic rings. The fraction of sp³-hybridized carbons (Fsp3) is 0.0606. The molecule has 6 rings (SSSR count). The van der Waals surface area contributed by atoms with E-state index < -0.39 is 5.56 Å². The van der Waals surface area contributed by atoms with Crippen LogP contribution in [0.3, 0.4) is 0 Å². The first-order chi connectivity index (χ1) is 20.1. The van der Waals surface area contributed by atoms with Crippen LogP contribution in [0.5, 0.6) is 0 Å². The molecule has 0 atom stereocenters. The molecule has 0 aliphatic carbocycles. The highest BCUT2D eigenvalue weighted by molar-refractivity contribution is 5.95. The maximum atomic E-state index is 13.3. The summed E-state index contributed by atoms with van der Waals surface area (Å²) in [6, 6.07) is 32.3. The number of para-hydroxylation sites is 2. The van der Waals surface area contributed by atoms with Gasteiger partial charge in [-0.15, -0.1) is 0 Å². The fourth-order valence-electron chi connectivity index (χ4n) is 4.88. The number of aliphatic imine (C=N–C) groups is 1. The number of benzene rings is 3. The van der Waals surface area contributed by atoms with Gasteiger partial charge in [-0.3, -0.25) is 14.8 Å². The number of fused-ring (bicyclic) bond motifs is 2. The van der Waals surface area contributed by atoms with Crippen LogP contribution >= 0.6 is 0 Å². The third kappa shape index (κ3) is 4.56. The van der Waals surface area contributed by atoms with Crippen molar-refractivity contribution in [1.82, 2.24) is 9.55 Å². The Balaban J connectivity index is 1.84. The predicted molar refractivity (Wildman–Crippen MR) is 157 cm³/mol. The molecular weight excluding hydrogens is 514 g/mol. The molecule has 2 aliphatic heterocycles. The lowest BCUT2D eigenvalue weighted by molar-refractivity contribution is 0.344. The number of nitrogens with zero attached hydrogens (tertiary/aromatic N) is 4. The van der Waals surface area contributed by atoms with Crippen LogP contribution in [-0.2, 0) is 4.74 Å². The van der Waals surface area contributed by atoms with Crippen molar-refractivity contribution in [3.63, 3.8) is 0 Å². The quantitative estimate of drug-likeness (QED) is 0.193. The molecule has 0 bridgehead atoms. The highest BCUT2D eigenvalue weighted by Gasteiger charge is 2.28. The van der Waals surface area contributed by atoms with Crippen LogP contribution in [0, 0.1) is 16.7 Å². The van der Waals surface area contributed by atoms with Crippen molar-refractivity contribution in [2.24, 2.45) is 4.99 Å². The number of aromatic nitrogens is 2. The second-order valence-electron chi connectivity index (χ2n) is 9.15. The second-order valence-corrected chi connectivity index (χ2v) is 9.15. The molecule has 0 radical (unpaired) electrons. The van der Waals surface area contributed by atoms with Crippen LogP contribution in [0.1, 0.15) is 12.5 Å². The Morgan fingerprint density at radius 2 is 1.71 bits per heavy atom. The smallest absolute Gasteiger partial charge is 0.291 e. The number of pyridine rings is 2. The van der Waals surface area contributed by atoms with Gasteiger partial charge in [-0.25, -0.2) is 4.99 Å². The van der Waals surface area contributed by atoms with Gasteiger partial charge in [0.15, 0.2) is 12.2 Å². The van der Waals surface area contributed by atoms with Crippen LogP contribution in [0.4, 0.5) is 5.69 Å². The molecule has 1 N–H and O–H groups in total. The van der Waals surface area contributed by atoms with Gasteiger partial charge in [-0.05, 0) is 48.4 Å². The minimum atomic E-state index is -0.709. The summed E-state index contributed by atoms with van der Waals surface area (Å²) < 4.78 is 13.1. The lowest BCUT2D eigenvalue weighted by Gasteiger charge is -2.24. The topological polar surface area (TPSA) is 117 Å². The molecule has 0 spiro atoms. The lowest BCUT2D eigenvalue weighted by atomic mass is 9.93. The second kappa shape index (κ2) is 10.8. The summed E-state index contributed by atoms with van der Waals surface area (Å²) in [7, 11) is 0. The van der Waals surface area contributed by atoms with E-state index in [1.165, 1.54) is 6.40 Å². The molecule has 3 aromatic carbocycles. The first-order valence-corrected chi connectivity index (χ1v) is 13.0. The van der Waals surface area contributed by atoms with Gasteiger partial charge in [-0.1, -0.05) is 66.7 Å². The van der Waals surface area contributed by atoms with Gasteiger partial charge in [0.05, 0.1) is 23.4 Å². The maximum absolute atomic E-state index is 13.3. The van der Waals surface area contributed by atoms with Crippen molar-refractivity contribution in [3.05, 3.63) is 119 Å². The lowest BCUT2D eigenvalue weighted by Crippen LogP contribution is -2.20. The van der Waals surface area contributed by atoms with Crippen molar-refractivity contribution < 1.29 is 9.15 Å². The van der Waals surface area contributed by atoms with Gasteiger partial charge < -0.3 is 9.15 Å². The monoisotopic (exact) mass is 537 g/mol. The molecular formula is C33H23N5O3. The predicted octanol–water partition coefficient (Wildman–Crippen LogP) is 6.46. The summed E-state index contributed by atoms with van der Waals surface area (Å²) in [5.74, 6) is 0.285. The van der Waals surface area contributed by atoms with Crippen molar-refractivity contribution in [2.75, 3.05) is 6.61 Å². The zero-order valence-corrected chi connectivity index (χ0v) is 22.0. The van der Waals surface area contributed by atoms with Crippen molar-refractivity contribution in [1.29, 1.82) is 10.7 Å². The molecule has 2 aliphatic rings. The SMILES string of the molecule is CCOC=Nc1c2c(-c3ccccc3)cc(-c3cc4ccccc4oc3=N)n(-c3ccccc3)c-2nc(=O)c1C#N. The number of hydrogen-bond acceptors (Lipinski definition) is 7. The van der Waals surface area contributed by atoms with Gasteiger partial charge >= 0.3 is 0 Å². The Morgan fingerprint density at radius 3 is 2.44 bits per heavy atom. The molecule has 0 amide bonds.